The first-order chi connectivity index (χ1) is 19.6. The van der Waals surface area contributed by atoms with Gasteiger partial charge in [0.25, 0.3) is 0 Å². The van der Waals surface area contributed by atoms with Crippen LogP contribution < -0.4 is 14.4 Å². The van der Waals surface area contributed by atoms with Gasteiger partial charge in [-0.15, -0.1) is 10.2 Å². The molecule has 0 aliphatic carbocycles. The van der Waals surface area contributed by atoms with E-state index in [1.54, 1.807) is 26.0 Å². The molecule has 4 aromatic rings. The summed E-state index contributed by atoms with van der Waals surface area (Å²) in [5, 5.41) is 9.87. The van der Waals surface area contributed by atoms with Gasteiger partial charge in [0.05, 0.1) is 19.9 Å². The van der Waals surface area contributed by atoms with Gasteiger partial charge in [-0.2, -0.15) is 0 Å². The van der Waals surface area contributed by atoms with E-state index in [0.29, 0.717) is 6.42 Å². The maximum absolute atomic E-state index is 13.0. The summed E-state index contributed by atoms with van der Waals surface area (Å²) in [6, 6.07) is 24.2. The van der Waals surface area contributed by atoms with Crippen molar-refractivity contribution in [3.63, 3.8) is 0 Å². The van der Waals surface area contributed by atoms with Crippen LogP contribution >= 0.6 is 11.8 Å². The number of methoxy groups -OCH3 is 2. The average molecular weight is 558 g/mol. The van der Waals surface area contributed by atoms with Gasteiger partial charge < -0.3 is 19.3 Å². The molecule has 0 atom stereocenters. The van der Waals surface area contributed by atoms with Gasteiger partial charge in [-0.3, -0.25) is 9.36 Å². The fraction of sp³-hybridized carbons (Fsp3) is 0.323. The Morgan fingerprint density at radius 2 is 1.60 bits per heavy atom. The van der Waals surface area contributed by atoms with Crippen LogP contribution in [0.5, 0.6) is 11.5 Å². The summed E-state index contributed by atoms with van der Waals surface area (Å²) in [6.45, 7) is 5.10. The molecule has 0 saturated carbocycles. The van der Waals surface area contributed by atoms with Crippen molar-refractivity contribution in [2.75, 3.05) is 51.1 Å². The number of rotatable bonds is 10. The number of aryl methyl sites for hydroxylation is 1. The van der Waals surface area contributed by atoms with Gasteiger partial charge in [0, 0.05) is 49.6 Å². The number of benzene rings is 3. The number of carbonyl (C=O) groups is 1. The normalized spacial score (nSPS) is 13.4. The number of hydrogen-bond acceptors (Lipinski definition) is 7. The molecule has 9 heteroatoms. The smallest absolute Gasteiger partial charge is 0.222 e. The maximum Gasteiger partial charge on any atom is 0.222 e. The second-order valence-electron chi connectivity index (χ2n) is 9.70. The maximum atomic E-state index is 13.0. The SMILES string of the molecule is COc1ccc(-n2c(SCCCC(=O)N3CCN(c4ccccc4OC)CC3)nnc2-c2ccc(C)cc2)cc1. The lowest BCUT2D eigenvalue weighted by Crippen LogP contribution is -2.48. The number of hydrogen-bond donors (Lipinski definition) is 0. The van der Waals surface area contributed by atoms with Crippen molar-refractivity contribution in [2.24, 2.45) is 0 Å². The summed E-state index contributed by atoms with van der Waals surface area (Å²) in [6.07, 6.45) is 1.29. The Bertz CT molecular complexity index is 1410. The Labute approximate surface area is 239 Å². The van der Waals surface area contributed by atoms with Crippen LogP contribution in [0.15, 0.2) is 78.0 Å². The second kappa shape index (κ2) is 12.9. The van der Waals surface area contributed by atoms with Crippen molar-refractivity contribution in [3.8, 4) is 28.6 Å². The molecule has 1 aliphatic rings. The molecule has 0 N–H and O–H groups in total. The fourth-order valence-corrected chi connectivity index (χ4v) is 5.74. The zero-order valence-electron chi connectivity index (χ0n) is 23.2. The van der Waals surface area contributed by atoms with Crippen LogP contribution in [0.2, 0.25) is 0 Å². The molecule has 40 heavy (non-hydrogen) atoms. The number of para-hydroxylation sites is 2. The molecule has 5 rings (SSSR count). The Morgan fingerprint density at radius 3 is 2.30 bits per heavy atom. The minimum atomic E-state index is 0.206. The number of piperazine rings is 1. The standard InChI is InChI=1S/C31H35N5O3S/c1-23-10-12-24(13-11-23)30-32-33-31(36(30)25-14-16-26(38-2)17-15-25)40-22-6-9-29(37)35-20-18-34(19-21-35)27-7-4-5-8-28(27)39-3/h4-5,7-8,10-17H,6,9,18-22H2,1-3H3. The predicted octanol–water partition coefficient (Wildman–Crippen LogP) is 5.48. The van der Waals surface area contributed by atoms with Crippen LogP contribution in [0, 0.1) is 6.92 Å². The molecular formula is C31H35N5O3S. The summed E-state index contributed by atoms with van der Waals surface area (Å²) >= 11 is 1.63. The molecule has 3 aromatic carbocycles. The molecule has 2 heterocycles. The zero-order valence-corrected chi connectivity index (χ0v) is 24.1. The molecule has 208 valence electrons. The van der Waals surface area contributed by atoms with Crippen molar-refractivity contribution in [2.45, 2.75) is 24.9 Å². The van der Waals surface area contributed by atoms with E-state index >= 15 is 0 Å². The van der Waals surface area contributed by atoms with Crippen LogP contribution in [0.1, 0.15) is 18.4 Å². The number of aromatic nitrogens is 3. The Kier molecular flexibility index (Phi) is 8.91. The lowest BCUT2D eigenvalue weighted by molar-refractivity contribution is -0.131. The van der Waals surface area contributed by atoms with E-state index in [1.807, 2.05) is 47.4 Å². The molecule has 1 aromatic heterocycles. The zero-order chi connectivity index (χ0) is 27.9. The Balaban J connectivity index is 1.19. The van der Waals surface area contributed by atoms with Gasteiger partial charge in [0.1, 0.15) is 11.5 Å². The average Bonchev–Trinajstić information content (AvgIpc) is 3.43. The highest BCUT2D eigenvalue weighted by molar-refractivity contribution is 7.99. The van der Waals surface area contributed by atoms with Gasteiger partial charge >= 0.3 is 0 Å². The number of carbonyl (C=O) groups excluding carboxylic acids is 1. The van der Waals surface area contributed by atoms with Crippen LogP contribution in [0.25, 0.3) is 17.1 Å². The predicted molar refractivity (Wildman–Crippen MR) is 160 cm³/mol. The largest absolute Gasteiger partial charge is 0.497 e. The van der Waals surface area contributed by atoms with E-state index in [-0.39, 0.29) is 5.91 Å². The quantitative estimate of drug-likeness (QED) is 0.189. The van der Waals surface area contributed by atoms with Gasteiger partial charge in [-0.1, -0.05) is 53.7 Å². The number of anilines is 1. The third-order valence-electron chi connectivity index (χ3n) is 7.10. The monoisotopic (exact) mass is 557 g/mol. The Morgan fingerprint density at radius 1 is 0.875 bits per heavy atom. The number of nitrogens with zero attached hydrogens (tertiary/aromatic N) is 5. The van der Waals surface area contributed by atoms with Gasteiger partial charge in [0.2, 0.25) is 5.91 Å². The van der Waals surface area contributed by atoms with Crippen LogP contribution in [0.4, 0.5) is 5.69 Å². The third kappa shape index (κ3) is 6.25. The van der Waals surface area contributed by atoms with E-state index in [1.165, 1.54) is 5.56 Å². The number of amides is 1. The van der Waals surface area contributed by atoms with Crippen LogP contribution in [0.3, 0.4) is 0 Å². The molecule has 0 bridgehead atoms. The highest BCUT2D eigenvalue weighted by atomic mass is 32.2. The molecular weight excluding hydrogens is 522 g/mol. The van der Waals surface area contributed by atoms with E-state index in [2.05, 4.69) is 56.9 Å². The van der Waals surface area contributed by atoms with E-state index in [9.17, 15) is 4.79 Å². The van der Waals surface area contributed by atoms with E-state index < -0.39 is 0 Å². The first kappa shape index (κ1) is 27.6. The fourth-order valence-electron chi connectivity index (χ4n) is 4.85. The van der Waals surface area contributed by atoms with E-state index in [4.69, 9.17) is 9.47 Å². The molecule has 1 saturated heterocycles. The first-order valence-corrected chi connectivity index (χ1v) is 14.5. The van der Waals surface area contributed by atoms with Crippen molar-refractivity contribution in [1.82, 2.24) is 19.7 Å². The Hall–Kier alpha value is -3.98. The molecule has 8 nitrogen and oxygen atoms in total. The van der Waals surface area contributed by atoms with Crippen molar-refractivity contribution < 1.29 is 14.3 Å². The topological polar surface area (TPSA) is 72.7 Å². The summed E-state index contributed by atoms with van der Waals surface area (Å²) < 4.78 is 12.9. The summed E-state index contributed by atoms with van der Waals surface area (Å²) in [5.41, 5.74) is 4.25. The van der Waals surface area contributed by atoms with Gasteiger partial charge in [-0.25, -0.2) is 0 Å². The van der Waals surface area contributed by atoms with Crippen molar-refractivity contribution in [3.05, 3.63) is 78.4 Å². The number of thioether (sulfide) groups is 1. The summed E-state index contributed by atoms with van der Waals surface area (Å²) in [5.74, 6) is 3.43. The summed E-state index contributed by atoms with van der Waals surface area (Å²) in [7, 11) is 3.36. The van der Waals surface area contributed by atoms with E-state index in [0.717, 1.165) is 77.8 Å². The highest BCUT2D eigenvalue weighted by Gasteiger charge is 2.23. The molecule has 0 spiro atoms. The molecule has 0 radical (unpaired) electrons. The lowest BCUT2D eigenvalue weighted by Gasteiger charge is -2.36. The number of ether oxygens (including phenoxy) is 2. The molecule has 0 unspecified atom stereocenters. The molecule has 1 amide bonds. The molecule has 1 fully saturated rings. The molecule has 1 aliphatic heterocycles. The van der Waals surface area contributed by atoms with Crippen LogP contribution in [-0.4, -0.2) is 71.7 Å². The lowest BCUT2D eigenvalue weighted by atomic mass is 10.1. The van der Waals surface area contributed by atoms with Crippen LogP contribution in [-0.2, 0) is 4.79 Å². The third-order valence-corrected chi connectivity index (χ3v) is 8.11. The minimum absolute atomic E-state index is 0.206. The van der Waals surface area contributed by atoms with Gasteiger partial charge in [0.15, 0.2) is 11.0 Å². The highest BCUT2D eigenvalue weighted by Crippen LogP contribution is 2.30. The van der Waals surface area contributed by atoms with Gasteiger partial charge in [-0.05, 0) is 49.7 Å². The van der Waals surface area contributed by atoms with Crippen molar-refractivity contribution >= 4 is 23.4 Å². The minimum Gasteiger partial charge on any atom is -0.497 e. The van der Waals surface area contributed by atoms with Crippen molar-refractivity contribution in [1.29, 1.82) is 0 Å². The summed E-state index contributed by atoms with van der Waals surface area (Å²) in [4.78, 5) is 17.2. The second-order valence-corrected chi connectivity index (χ2v) is 10.8. The first-order valence-electron chi connectivity index (χ1n) is 13.5.